The van der Waals surface area contributed by atoms with Crippen molar-refractivity contribution in [3.8, 4) is 0 Å². The molecule has 94 valence electrons. The number of carbonyl (C=O) groups is 1. The number of ether oxygens (including phenoxy) is 2. The van der Waals surface area contributed by atoms with Gasteiger partial charge in [-0.25, -0.2) is 0 Å². The average molecular weight is 348 g/mol. The Morgan fingerprint density at radius 3 is 2.18 bits per heavy atom. The van der Waals surface area contributed by atoms with Gasteiger partial charge in [0.2, 0.25) is 0 Å². The summed E-state index contributed by atoms with van der Waals surface area (Å²) in [5.41, 5.74) is 0.704. The van der Waals surface area contributed by atoms with Gasteiger partial charge in [0.25, 0.3) is 0 Å². The first-order chi connectivity index (χ1) is 8.17. The van der Waals surface area contributed by atoms with Crippen molar-refractivity contribution in [1.29, 1.82) is 0 Å². The summed E-state index contributed by atoms with van der Waals surface area (Å²) in [5.74, 6) is 0.0494. The zero-order valence-electron chi connectivity index (χ0n) is 10.1. The number of ketones is 1. The molecule has 3 nitrogen and oxygen atoms in total. The summed E-state index contributed by atoms with van der Waals surface area (Å²) in [7, 11) is 0. The maximum absolute atomic E-state index is 12.0. The molecule has 0 saturated heterocycles. The third-order valence-corrected chi connectivity index (χ3v) is 2.94. The lowest BCUT2D eigenvalue weighted by Gasteiger charge is -2.15. The number of halogens is 1. The Morgan fingerprint density at radius 2 is 1.71 bits per heavy atom. The minimum absolute atomic E-state index is 0.0494. The van der Waals surface area contributed by atoms with E-state index in [9.17, 15) is 4.79 Å². The van der Waals surface area contributed by atoms with Gasteiger partial charge in [-0.15, -0.1) is 0 Å². The number of Topliss-reactive ketones (excluding diaryl/α,β-unsaturated/α-hetero) is 1. The Balaban J connectivity index is 2.60. The van der Waals surface area contributed by atoms with E-state index < -0.39 is 6.29 Å². The highest BCUT2D eigenvalue weighted by molar-refractivity contribution is 14.1. The van der Waals surface area contributed by atoms with Gasteiger partial charge in [0.05, 0.1) is 6.42 Å². The van der Waals surface area contributed by atoms with E-state index in [-0.39, 0.29) is 12.2 Å². The van der Waals surface area contributed by atoms with E-state index in [2.05, 4.69) is 22.6 Å². The van der Waals surface area contributed by atoms with Gasteiger partial charge in [0.15, 0.2) is 12.1 Å². The second-order valence-electron chi connectivity index (χ2n) is 3.47. The molecule has 1 rings (SSSR count). The number of carbonyl (C=O) groups excluding carboxylic acids is 1. The van der Waals surface area contributed by atoms with Gasteiger partial charge < -0.3 is 9.47 Å². The van der Waals surface area contributed by atoms with E-state index in [1.807, 2.05) is 38.1 Å². The molecule has 0 aromatic heterocycles. The molecule has 0 N–H and O–H groups in total. The van der Waals surface area contributed by atoms with E-state index in [1.54, 1.807) is 0 Å². The summed E-state index contributed by atoms with van der Waals surface area (Å²) in [4.78, 5) is 12.0. The minimum atomic E-state index is -0.434. The molecule has 0 amide bonds. The highest BCUT2D eigenvalue weighted by Crippen LogP contribution is 2.11. The molecule has 0 heterocycles. The van der Waals surface area contributed by atoms with Crippen LogP contribution in [0.3, 0.4) is 0 Å². The van der Waals surface area contributed by atoms with Gasteiger partial charge in [0.1, 0.15) is 0 Å². The van der Waals surface area contributed by atoms with E-state index in [4.69, 9.17) is 9.47 Å². The van der Waals surface area contributed by atoms with Crippen LogP contribution in [-0.2, 0) is 9.47 Å². The highest BCUT2D eigenvalue weighted by Gasteiger charge is 2.15. The SMILES string of the molecule is CCOC(CC(=O)c1ccc(I)cc1)OCC. The Morgan fingerprint density at radius 1 is 1.18 bits per heavy atom. The quantitative estimate of drug-likeness (QED) is 0.431. The third-order valence-electron chi connectivity index (χ3n) is 2.22. The van der Waals surface area contributed by atoms with Gasteiger partial charge in [-0.2, -0.15) is 0 Å². The third kappa shape index (κ3) is 5.14. The van der Waals surface area contributed by atoms with Crippen LogP contribution >= 0.6 is 22.6 Å². The summed E-state index contributed by atoms with van der Waals surface area (Å²) in [5, 5.41) is 0. The standard InChI is InChI=1S/C13H17IO3/c1-3-16-13(17-4-2)9-12(15)10-5-7-11(14)8-6-10/h5-8,13H,3-4,9H2,1-2H3. The molecule has 1 aromatic carbocycles. The van der Waals surface area contributed by atoms with E-state index >= 15 is 0 Å². The van der Waals surface area contributed by atoms with Gasteiger partial charge in [0, 0.05) is 22.3 Å². The lowest BCUT2D eigenvalue weighted by Crippen LogP contribution is -2.21. The molecule has 1 aromatic rings. The van der Waals surface area contributed by atoms with Crippen molar-refractivity contribution in [3.63, 3.8) is 0 Å². The molecular formula is C13H17IO3. The summed E-state index contributed by atoms with van der Waals surface area (Å²) >= 11 is 2.21. The topological polar surface area (TPSA) is 35.5 Å². The number of rotatable bonds is 7. The maximum atomic E-state index is 12.0. The Hall–Kier alpha value is -0.460. The molecule has 0 aliphatic rings. The number of hydrogen-bond donors (Lipinski definition) is 0. The molecule has 0 aliphatic heterocycles. The van der Waals surface area contributed by atoms with Crippen LogP contribution in [0.1, 0.15) is 30.6 Å². The van der Waals surface area contributed by atoms with Crippen LogP contribution in [0, 0.1) is 3.57 Å². The van der Waals surface area contributed by atoms with Gasteiger partial charge >= 0.3 is 0 Å². The summed E-state index contributed by atoms with van der Waals surface area (Å²) in [6.07, 6.45) is -0.167. The first-order valence-corrected chi connectivity index (χ1v) is 6.77. The van der Waals surface area contributed by atoms with Crippen LogP contribution < -0.4 is 0 Å². The van der Waals surface area contributed by atoms with Crippen LogP contribution in [-0.4, -0.2) is 25.3 Å². The van der Waals surface area contributed by atoms with Gasteiger partial charge in [-0.05, 0) is 48.6 Å². The van der Waals surface area contributed by atoms with Crippen molar-refractivity contribution in [2.75, 3.05) is 13.2 Å². The second kappa shape index (κ2) is 7.79. The van der Waals surface area contributed by atoms with Gasteiger partial charge in [-0.1, -0.05) is 12.1 Å². The van der Waals surface area contributed by atoms with Crippen LogP contribution in [0.25, 0.3) is 0 Å². The summed E-state index contributed by atoms with van der Waals surface area (Å²) < 4.78 is 11.8. The first-order valence-electron chi connectivity index (χ1n) is 5.69. The smallest absolute Gasteiger partial charge is 0.167 e. The number of benzene rings is 1. The molecule has 0 saturated carbocycles. The monoisotopic (exact) mass is 348 g/mol. The Kier molecular flexibility index (Phi) is 6.69. The highest BCUT2D eigenvalue weighted by atomic mass is 127. The molecule has 0 atom stereocenters. The minimum Gasteiger partial charge on any atom is -0.352 e. The van der Waals surface area contributed by atoms with Crippen molar-refractivity contribution in [2.24, 2.45) is 0 Å². The largest absolute Gasteiger partial charge is 0.352 e. The predicted octanol–water partition coefficient (Wildman–Crippen LogP) is 3.26. The molecule has 0 unspecified atom stereocenters. The zero-order chi connectivity index (χ0) is 12.7. The normalized spacial score (nSPS) is 10.8. The fraction of sp³-hybridized carbons (Fsp3) is 0.462. The van der Waals surface area contributed by atoms with Crippen molar-refractivity contribution >= 4 is 28.4 Å². The average Bonchev–Trinajstić information content (AvgIpc) is 2.30. The fourth-order valence-corrected chi connectivity index (χ4v) is 1.80. The van der Waals surface area contributed by atoms with E-state index in [0.717, 1.165) is 3.57 Å². The Bertz CT molecular complexity index is 342. The predicted molar refractivity (Wildman–Crippen MR) is 75.1 cm³/mol. The molecule has 0 fully saturated rings. The van der Waals surface area contributed by atoms with Crippen LogP contribution in [0.2, 0.25) is 0 Å². The second-order valence-corrected chi connectivity index (χ2v) is 4.72. The van der Waals surface area contributed by atoms with Crippen LogP contribution in [0.5, 0.6) is 0 Å². The van der Waals surface area contributed by atoms with Crippen LogP contribution in [0.15, 0.2) is 24.3 Å². The summed E-state index contributed by atoms with van der Waals surface area (Å²) in [6.45, 7) is 4.87. The molecule has 0 spiro atoms. The maximum Gasteiger partial charge on any atom is 0.167 e. The molecule has 0 aliphatic carbocycles. The molecular weight excluding hydrogens is 331 g/mol. The molecule has 0 bridgehead atoms. The van der Waals surface area contributed by atoms with Gasteiger partial charge in [-0.3, -0.25) is 4.79 Å². The van der Waals surface area contributed by atoms with Crippen molar-refractivity contribution in [1.82, 2.24) is 0 Å². The molecule has 4 heteroatoms. The molecule has 0 radical (unpaired) electrons. The van der Waals surface area contributed by atoms with Crippen molar-refractivity contribution < 1.29 is 14.3 Å². The van der Waals surface area contributed by atoms with Crippen molar-refractivity contribution in [2.45, 2.75) is 26.6 Å². The first kappa shape index (κ1) is 14.6. The van der Waals surface area contributed by atoms with E-state index in [1.165, 1.54) is 0 Å². The summed E-state index contributed by atoms with van der Waals surface area (Å²) in [6, 6.07) is 7.51. The molecule has 17 heavy (non-hydrogen) atoms. The lowest BCUT2D eigenvalue weighted by atomic mass is 10.1. The van der Waals surface area contributed by atoms with Crippen molar-refractivity contribution in [3.05, 3.63) is 33.4 Å². The fourth-order valence-electron chi connectivity index (χ4n) is 1.44. The number of hydrogen-bond acceptors (Lipinski definition) is 3. The van der Waals surface area contributed by atoms with Crippen LogP contribution in [0.4, 0.5) is 0 Å². The zero-order valence-corrected chi connectivity index (χ0v) is 12.3. The van der Waals surface area contributed by atoms with E-state index in [0.29, 0.717) is 18.8 Å². The Labute approximate surface area is 116 Å². The lowest BCUT2D eigenvalue weighted by molar-refractivity contribution is -0.133.